The van der Waals surface area contributed by atoms with E-state index in [1.165, 1.54) is 0 Å². The van der Waals surface area contributed by atoms with E-state index in [0.29, 0.717) is 0 Å². The standard InChI is InChI=1S/C6H10N2O4S.H3N/c9-4(8-2-6(11)12)1-7-5(10)3-13;/h13H,1-3H2,(H,7,10)(H,8,9)(H,11,12);1H3. The van der Waals surface area contributed by atoms with Crippen LogP contribution >= 0.6 is 12.6 Å². The van der Waals surface area contributed by atoms with Crippen LogP contribution in [-0.2, 0) is 14.4 Å². The summed E-state index contributed by atoms with van der Waals surface area (Å²) in [4.78, 5) is 31.3. The average Bonchev–Trinajstić information content (AvgIpc) is 2.10. The Labute approximate surface area is 86.2 Å². The van der Waals surface area contributed by atoms with Gasteiger partial charge < -0.3 is 21.9 Å². The van der Waals surface area contributed by atoms with Crippen molar-refractivity contribution in [1.82, 2.24) is 16.8 Å². The Bertz CT molecular complexity index is 221. The van der Waals surface area contributed by atoms with Gasteiger partial charge in [-0.05, 0) is 0 Å². The molecule has 6 N–H and O–H groups in total. The van der Waals surface area contributed by atoms with Gasteiger partial charge in [0, 0.05) is 0 Å². The molecule has 2 amide bonds. The van der Waals surface area contributed by atoms with Crippen molar-refractivity contribution in [1.29, 1.82) is 0 Å². The van der Waals surface area contributed by atoms with Crippen LogP contribution in [0.3, 0.4) is 0 Å². The molecule has 0 radical (unpaired) electrons. The smallest absolute Gasteiger partial charge is 0.322 e. The van der Waals surface area contributed by atoms with Crippen LogP contribution in [0.2, 0.25) is 0 Å². The summed E-state index contributed by atoms with van der Waals surface area (Å²) in [6.07, 6.45) is 0. The zero-order valence-corrected chi connectivity index (χ0v) is 8.34. The van der Waals surface area contributed by atoms with Crippen molar-refractivity contribution in [3.63, 3.8) is 0 Å². The quantitative estimate of drug-likeness (QED) is 0.358. The van der Waals surface area contributed by atoms with Gasteiger partial charge in [-0.2, -0.15) is 12.6 Å². The van der Waals surface area contributed by atoms with Crippen molar-refractivity contribution < 1.29 is 19.5 Å². The van der Waals surface area contributed by atoms with Gasteiger partial charge in [-0.3, -0.25) is 14.4 Å². The zero-order valence-electron chi connectivity index (χ0n) is 7.45. The second kappa shape index (κ2) is 8.32. The third-order valence-electron chi connectivity index (χ3n) is 1.03. The number of aliphatic carboxylic acids is 1. The van der Waals surface area contributed by atoms with E-state index in [4.69, 9.17) is 5.11 Å². The van der Waals surface area contributed by atoms with Gasteiger partial charge >= 0.3 is 5.97 Å². The van der Waals surface area contributed by atoms with E-state index >= 15 is 0 Å². The number of carboxylic acid groups (broad SMARTS) is 1. The Hall–Kier alpha value is -1.28. The maximum Gasteiger partial charge on any atom is 0.322 e. The van der Waals surface area contributed by atoms with Crippen molar-refractivity contribution in [2.45, 2.75) is 0 Å². The summed E-state index contributed by atoms with van der Waals surface area (Å²) in [5, 5.41) is 12.5. The van der Waals surface area contributed by atoms with Crippen LogP contribution < -0.4 is 16.8 Å². The molecule has 0 saturated heterocycles. The molecule has 0 aliphatic rings. The molecule has 0 atom stereocenters. The van der Waals surface area contributed by atoms with E-state index in [9.17, 15) is 14.4 Å². The van der Waals surface area contributed by atoms with Crippen LogP contribution in [0.25, 0.3) is 0 Å². The van der Waals surface area contributed by atoms with Gasteiger partial charge in [0.1, 0.15) is 6.54 Å². The van der Waals surface area contributed by atoms with Crippen molar-refractivity contribution in [3.05, 3.63) is 0 Å². The number of carbonyl (C=O) groups excluding carboxylic acids is 2. The summed E-state index contributed by atoms with van der Waals surface area (Å²) in [5.74, 6) is -2.06. The Morgan fingerprint density at radius 3 is 2.00 bits per heavy atom. The molecule has 0 aliphatic heterocycles. The largest absolute Gasteiger partial charge is 0.480 e. The van der Waals surface area contributed by atoms with Crippen LogP contribution in [0.4, 0.5) is 0 Å². The molecule has 7 nitrogen and oxygen atoms in total. The zero-order chi connectivity index (χ0) is 10.3. The number of hydrogen-bond acceptors (Lipinski definition) is 5. The molecule has 0 unspecified atom stereocenters. The van der Waals surface area contributed by atoms with Crippen LogP contribution in [0.15, 0.2) is 0 Å². The van der Waals surface area contributed by atoms with E-state index in [0.717, 1.165) is 0 Å². The molecule has 0 fully saturated rings. The molecular formula is C6H13N3O4S. The highest BCUT2D eigenvalue weighted by Gasteiger charge is 2.04. The second-order valence-corrected chi connectivity index (χ2v) is 2.42. The van der Waals surface area contributed by atoms with Gasteiger partial charge in [-0.15, -0.1) is 0 Å². The van der Waals surface area contributed by atoms with Crippen molar-refractivity contribution in [2.75, 3.05) is 18.8 Å². The first kappa shape index (κ1) is 15.2. The first-order valence-corrected chi connectivity index (χ1v) is 4.05. The summed E-state index contributed by atoms with van der Waals surface area (Å²) in [6.45, 7) is -0.678. The lowest BCUT2D eigenvalue weighted by molar-refractivity contribution is -0.137. The fourth-order valence-electron chi connectivity index (χ4n) is 0.471. The molecule has 0 bridgehead atoms. The van der Waals surface area contributed by atoms with Crippen LogP contribution in [-0.4, -0.2) is 41.7 Å². The molecular weight excluding hydrogens is 210 g/mol. The molecule has 0 heterocycles. The molecule has 82 valence electrons. The lowest BCUT2D eigenvalue weighted by Crippen LogP contribution is -2.39. The highest BCUT2D eigenvalue weighted by Crippen LogP contribution is 1.72. The lowest BCUT2D eigenvalue weighted by atomic mass is 10.5. The fourth-order valence-corrected chi connectivity index (χ4v) is 0.583. The van der Waals surface area contributed by atoms with Crippen LogP contribution in [0, 0.1) is 0 Å². The minimum atomic E-state index is -1.13. The van der Waals surface area contributed by atoms with Crippen molar-refractivity contribution >= 4 is 30.4 Å². The summed E-state index contributed by atoms with van der Waals surface area (Å²) in [5.41, 5.74) is 0. The first-order valence-electron chi connectivity index (χ1n) is 3.42. The SMILES string of the molecule is N.O=C(O)CNC(=O)CNC(=O)CS. The van der Waals surface area contributed by atoms with Crippen molar-refractivity contribution in [2.24, 2.45) is 0 Å². The maximum atomic E-state index is 10.8. The van der Waals surface area contributed by atoms with Gasteiger partial charge in [-0.1, -0.05) is 0 Å². The summed E-state index contributed by atoms with van der Waals surface area (Å²) < 4.78 is 0. The minimum absolute atomic E-state index is 0. The fraction of sp³-hybridized carbons (Fsp3) is 0.500. The third kappa shape index (κ3) is 8.81. The lowest BCUT2D eigenvalue weighted by Gasteiger charge is -2.02. The second-order valence-electron chi connectivity index (χ2n) is 2.11. The summed E-state index contributed by atoms with van der Waals surface area (Å²) in [7, 11) is 0. The number of hydrogen-bond donors (Lipinski definition) is 5. The molecule has 8 heteroatoms. The van der Waals surface area contributed by atoms with Gasteiger partial charge in [0.05, 0.1) is 12.3 Å². The Morgan fingerprint density at radius 2 is 1.57 bits per heavy atom. The number of carboxylic acids is 1. The summed E-state index contributed by atoms with van der Waals surface area (Å²) in [6, 6.07) is 0. The number of carbonyl (C=O) groups is 3. The molecule has 0 saturated carbocycles. The number of amides is 2. The normalized spacial score (nSPS) is 8.36. The topological polar surface area (TPSA) is 130 Å². The summed E-state index contributed by atoms with van der Waals surface area (Å²) >= 11 is 3.66. The molecule has 0 aromatic rings. The molecule has 0 spiro atoms. The highest BCUT2D eigenvalue weighted by molar-refractivity contribution is 7.81. The van der Waals surface area contributed by atoms with E-state index in [-0.39, 0.29) is 24.4 Å². The predicted octanol–water partition coefficient (Wildman–Crippen LogP) is -1.60. The number of thiol groups is 1. The van der Waals surface area contributed by atoms with Crippen LogP contribution in [0.1, 0.15) is 0 Å². The van der Waals surface area contributed by atoms with Gasteiger partial charge in [0.2, 0.25) is 11.8 Å². The third-order valence-corrected chi connectivity index (χ3v) is 1.31. The first-order chi connectivity index (χ1) is 6.06. The Balaban J connectivity index is 0. The van der Waals surface area contributed by atoms with Gasteiger partial charge in [0.25, 0.3) is 0 Å². The Kier molecular flexibility index (Phi) is 9.04. The highest BCUT2D eigenvalue weighted by atomic mass is 32.1. The molecule has 0 aromatic carbocycles. The predicted molar refractivity (Wildman–Crippen MR) is 52.5 cm³/mol. The van der Waals surface area contributed by atoms with Crippen molar-refractivity contribution in [3.8, 4) is 0 Å². The number of nitrogens with one attached hydrogen (secondary N) is 2. The Morgan fingerprint density at radius 1 is 1.07 bits per heavy atom. The minimum Gasteiger partial charge on any atom is -0.480 e. The molecule has 14 heavy (non-hydrogen) atoms. The molecule has 0 aliphatic carbocycles. The van der Waals surface area contributed by atoms with E-state index in [1.807, 2.05) is 0 Å². The van der Waals surface area contributed by atoms with Crippen LogP contribution in [0.5, 0.6) is 0 Å². The van der Waals surface area contributed by atoms with E-state index in [1.54, 1.807) is 0 Å². The average molecular weight is 223 g/mol. The maximum absolute atomic E-state index is 10.8. The molecule has 0 aromatic heterocycles. The van der Waals surface area contributed by atoms with E-state index < -0.39 is 18.4 Å². The van der Waals surface area contributed by atoms with Gasteiger partial charge in [0.15, 0.2) is 0 Å². The molecule has 0 rings (SSSR count). The van der Waals surface area contributed by atoms with E-state index in [2.05, 4.69) is 23.3 Å². The number of rotatable bonds is 5. The van der Waals surface area contributed by atoms with Gasteiger partial charge in [-0.25, -0.2) is 0 Å². The monoisotopic (exact) mass is 223 g/mol.